The van der Waals surface area contributed by atoms with Crippen LogP contribution in [0.1, 0.15) is 78.6 Å². The molecule has 1 fully saturated rings. The first kappa shape index (κ1) is 18.5. The highest BCUT2D eigenvalue weighted by Gasteiger charge is 2.25. The Hall–Kier alpha value is -0.530. The van der Waals surface area contributed by atoms with Crippen molar-refractivity contribution in [3.8, 4) is 11.8 Å². The van der Waals surface area contributed by atoms with E-state index in [9.17, 15) is 0 Å². The van der Waals surface area contributed by atoms with Crippen molar-refractivity contribution < 1.29 is 0 Å². The lowest BCUT2D eigenvalue weighted by atomic mass is 10.0. The van der Waals surface area contributed by atoms with E-state index in [2.05, 4.69) is 43.7 Å². The van der Waals surface area contributed by atoms with Gasteiger partial charge in [0, 0.05) is 0 Å². The summed E-state index contributed by atoms with van der Waals surface area (Å²) in [6.07, 6.45) is 19.2. The number of allylic oxidation sites excluding steroid dienone is 3. The summed E-state index contributed by atoms with van der Waals surface area (Å²) >= 11 is 0. The minimum atomic E-state index is 0.0425. The molecular weight excluding hydrogens is 271 g/mol. The Morgan fingerprint density at radius 1 is 1.14 bits per heavy atom. The van der Waals surface area contributed by atoms with E-state index in [4.69, 9.17) is 0 Å². The van der Waals surface area contributed by atoms with Crippen LogP contribution in [0.2, 0.25) is 0 Å². The van der Waals surface area contributed by atoms with Crippen molar-refractivity contribution in [2.24, 2.45) is 0 Å². The summed E-state index contributed by atoms with van der Waals surface area (Å²) in [6.45, 7) is 6.68. The average Bonchev–Trinajstić information content (AvgIpc) is 2.52. The first-order valence-corrected chi connectivity index (χ1v) is 10.4. The molecule has 1 heteroatoms. The van der Waals surface area contributed by atoms with Gasteiger partial charge in [0.2, 0.25) is 0 Å². The number of unbranched alkanes of at least 4 members (excludes halogenated alkanes) is 2. The van der Waals surface area contributed by atoms with Crippen molar-refractivity contribution in [3.63, 3.8) is 0 Å². The molecule has 0 aromatic rings. The van der Waals surface area contributed by atoms with Crippen LogP contribution in [0.5, 0.6) is 0 Å². The van der Waals surface area contributed by atoms with E-state index < -0.39 is 0 Å². The van der Waals surface area contributed by atoms with Gasteiger partial charge in [-0.05, 0) is 43.6 Å². The van der Waals surface area contributed by atoms with Gasteiger partial charge in [-0.2, -0.15) is 0 Å². The molecule has 0 saturated heterocycles. The average molecular weight is 304 g/mol. The van der Waals surface area contributed by atoms with Crippen LogP contribution in [0.15, 0.2) is 24.0 Å². The summed E-state index contributed by atoms with van der Waals surface area (Å²) in [7, 11) is 0.0425. The molecule has 1 aliphatic carbocycles. The van der Waals surface area contributed by atoms with Crippen molar-refractivity contribution >= 4 is 7.92 Å². The summed E-state index contributed by atoms with van der Waals surface area (Å²) < 4.78 is 0. The molecule has 1 aliphatic rings. The smallest absolute Gasteiger partial charge is 0.00235 e. The molecule has 0 N–H and O–H groups in total. The molecular formula is C20H33P. The van der Waals surface area contributed by atoms with Gasteiger partial charge in [-0.15, -0.1) is 5.92 Å². The van der Waals surface area contributed by atoms with Gasteiger partial charge in [-0.1, -0.05) is 84.2 Å². The summed E-state index contributed by atoms with van der Waals surface area (Å²) in [5.41, 5.74) is 1.86. The molecule has 2 unspecified atom stereocenters. The van der Waals surface area contributed by atoms with Crippen molar-refractivity contribution in [2.75, 3.05) is 0 Å². The fourth-order valence-electron chi connectivity index (χ4n) is 3.18. The molecule has 21 heavy (non-hydrogen) atoms. The zero-order chi connectivity index (χ0) is 15.3. The fourth-order valence-corrected chi connectivity index (χ4v) is 6.18. The summed E-state index contributed by atoms with van der Waals surface area (Å²) in [4.78, 5) is 0. The normalized spacial score (nSPS) is 19.6. The van der Waals surface area contributed by atoms with Gasteiger partial charge in [0.05, 0.1) is 0 Å². The van der Waals surface area contributed by atoms with Crippen LogP contribution in [0, 0.1) is 11.8 Å². The van der Waals surface area contributed by atoms with Crippen molar-refractivity contribution in [1.29, 1.82) is 0 Å². The van der Waals surface area contributed by atoms with E-state index >= 15 is 0 Å². The molecule has 0 nitrogen and oxygen atoms in total. The second kappa shape index (κ2) is 12.1. The van der Waals surface area contributed by atoms with Gasteiger partial charge >= 0.3 is 0 Å². The summed E-state index contributed by atoms with van der Waals surface area (Å²) in [5, 5.41) is 0. The molecule has 0 aromatic carbocycles. The van der Waals surface area contributed by atoms with Gasteiger partial charge in [0.25, 0.3) is 0 Å². The summed E-state index contributed by atoms with van der Waals surface area (Å²) in [5.74, 6) is 8.45. The highest BCUT2D eigenvalue weighted by Crippen LogP contribution is 2.54. The highest BCUT2D eigenvalue weighted by atomic mass is 31.1. The van der Waals surface area contributed by atoms with Crippen LogP contribution >= 0.6 is 7.92 Å². The first-order valence-electron chi connectivity index (χ1n) is 8.82. The second-order valence-electron chi connectivity index (χ2n) is 6.18. The molecule has 0 radical (unpaired) electrons. The van der Waals surface area contributed by atoms with E-state index in [0.717, 1.165) is 11.3 Å². The zero-order valence-electron chi connectivity index (χ0n) is 14.3. The Morgan fingerprint density at radius 2 is 1.90 bits per heavy atom. The molecule has 1 rings (SSSR count). The van der Waals surface area contributed by atoms with Gasteiger partial charge in [-0.3, -0.25) is 0 Å². The topological polar surface area (TPSA) is 0 Å². The lowest BCUT2D eigenvalue weighted by Crippen LogP contribution is -2.15. The van der Waals surface area contributed by atoms with Crippen LogP contribution in [-0.4, -0.2) is 11.3 Å². The Labute approximate surface area is 134 Å². The van der Waals surface area contributed by atoms with E-state index in [1.807, 2.05) is 13.0 Å². The first-order chi connectivity index (χ1) is 10.3. The van der Waals surface area contributed by atoms with Crippen LogP contribution in [0.3, 0.4) is 0 Å². The molecule has 0 amide bonds. The Morgan fingerprint density at radius 3 is 2.57 bits per heavy atom. The van der Waals surface area contributed by atoms with E-state index in [0.29, 0.717) is 0 Å². The molecule has 0 heterocycles. The van der Waals surface area contributed by atoms with Gasteiger partial charge in [0.1, 0.15) is 0 Å². The third kappa shape index (κ3) is 7.87. The van der Waals surface area contributed by atoms with Crippen molar-refractivity contribution in [2.45, 2.75) is 89.9 Å². The SMILES string of the molecule is CC#C/C=C\C=C/P(C(C)CCCCC)C1CCCCC1. The lowest BCUT2D eigenvalue weighted by molar-refractivity contribution is 0.508. The molecule has 2 atom stereocenters. The van der Waals surface area contributed by atoms with E-state index in [1.165, 1.54) is 57.8 Å². The third-order valence-corrected chi connectivity index (χ3v) is 7.58. The molecule has 1 saturated carbocycles. The minimum absolute atomic E-state index is 0.0425. The van der Waals surface area contributed by atoms with Crippen LogP contribution in [0.25, 0.3) is 0 Å². The minimum Gasteiger partial charge on any atom is -0.102 e. The van der Waals surface area contributed by atoms with Gasteiger partial charge in [-0.25, -0.2) is 0 Å². The quantitative estimate of drug-likeness (QED) is 0.199. The number of hydrogen-bond donors (Lipinski definition) is 0. The monoisotopic (exact) mass is 304 g/mol. The number of rotatable bonds is 8. The largest absolute Gasteiger partial charge is 0.102 e. The molecule has 0 bridgehead atoms. The Bertz CT molecular complexity index is 363. The molecule has 0 spiro atoms. The molecule has 0 aromatic heterocycles. The lowest BCUT2D eigenvalue weighted by Gasteiger charge is -2.33. The predicted molar refractivity (Wildman–Crippen MR) is 99.1 cm³/mol. The van der Waals surface area contributed by atoms with Crippen LogP contribution < -0.4 is 0 Å². The van der Waals surface area contributed by atoms with E-state index in [1.54, 1.807) is 0 Å². The summed E-state index contributed by atoms with van der Waals surface area (Å²) in [6, 6.07) is 0. The Balaban J connectivity index is 2.60. The van der Waals surface area contributed by atoms with Crippen molar-refractivity contribution in [3.05, 3.63) is 24.0 Å². The molecule has 118 valence electrons. The van der Waals surface area contributed by atoms with Crippen molar-refractivity contribution in [1.82, 2.24) is 0 Å². The zero-order valence-corrected chi connectivity index (χ0v) is 15.2. The van der Waals surface area contributed by atoms with Crippen LogP contribution in [-0.2, 0) is 0 Å². The maximum atomic E-state index is 3.00. The number of hydrogen-bond acceptors (Lipinski definition) is 0. The van der Waals surface area contributed by atoms with Gasteiger partial charge in [0.15, 0.2) is 0 Å². The maximum absolute atomic E-state index is 3.00. The van der Waals surface area contributed by atoms with Crippen LogP contribution in [0.4, 0.5) is 0 Å². The molecule has 0 aliphatic heterocycles. The second-order valence-corrected chi connectivity index (χ2v) is 8.98. The Kier molecular flexibility index (Phi) is 10.6. The van der Waals surface area contributed by atoms with E-state index in [-0.39, 0.29) is 7.92 Å². The fraction of sp³-hybridized carbons (Fsp3) is 0.700. The standard InChI is InChI=1S/C20H33P/c1-4-6-8-9-14-18-21(19(3)15-11-7-5-2)20-16-12-10-13-17-20/h8-9,14,18-20H,5,7,10-13,15-17H2,1-3H3/b9-8-,18-14-. The highest BCUT2D eigenvalue weighted by molar-refractivity contribution is 7.62. The third-order valence-electron chi connectivity index (χ3n) is 4.42. The van der Waals surface area contributed by atoms with Gasteiger partial charge < -0.3 is 0 Å². The predicted octanol–water partition coefficient (Wildman–Crippen LogP) is 6.86. The maximum Gasteiger partial charge on any atom is -0.00235 e.